The second-order valence-electron chi connectivity index (χ2n) is 6.94. The number of aryl methyl sites for hydroxylation is 1. The van der Waals surface area contributed by atoms with Crippen LogP contribution in [0, 0.1) is 6.92 Å². The molecule has 132 valence electrons. The number of anilines is 1. The minimum absolute atomic E-state index is 0.446. The summed E-state index contributed by atoms with van der Waals surface area (Å²) in [6.45, 7) is 5.38. The van der Waals surface area contributed by atoms with Crippen LogP contribution in [-0.2, 0) is 0 Å². The summed E-state index contributed by atoms with van der Waals surface area (Å²) in [5.74, 6) is 2.18. The molecule has 0 bridgehead atoms. The maximum Gasteiger partial charge on any atom is 0.180 e. The molecule has 3 aromatic rings. The lowest BCUT2D eigenvalue weighted by Gasteiger charge is -2.22. The first kappa shape index (κ1) is 17.2. The van der Waals surface area contributed by atoms with Crippen LogP contribution in [0.3, 0.4) is 0 Å². The van der Waals surface area contributed by atoms with Crippen LogP contribution >= 0.6 is 15.9 Å². The molecule has 2 atom stereocenters. The Kier molecular flexibility index (Phi) is 4.72. The van der Waals surface area contributed by atoms with E-state index in [1.807, 2.05) is 24.4 Å². The van der Waals surface area contributed by atoms with Gasteiger partial charge in [-0.25, -0.2) is 9.97 Å². The predicted molar refractivity (Wildman–Crippen MR) is 108 cm³/mol. The fourth-order valence-corrected chi connectivity index (χ4v) is 3.81. The highest BCUT2D eigenvalue weighted by atomic mass is 79.9. The van der Waals surface area contributed by atoms with Crippen LogP contribution < -0.4 is 4.90 Å². The van der Waals surface area contributed by atoms with Crippen LogP contribution in [0.25, 0.3) is 11.5 Å². The van der Waals surface area contributed by atoms with Crippen LogP contribution in [0.4, 0.5) is 5.82 Å². The Morgan fingerprint density at radius 2 is 1.85 bits per heavy atom. The van der Waals surface area contributed by atoms with Crippen molar-refractivity contribution in [2.75, 3.05) is 11.4 Å². The Morgan fingerprint density at radius 1 is 1.04 bits per heavy atom. The fraction of sp³-hybridized carbons (Fsp3) is 0.286. The van der Waals surface area contributed by atoms with Gasteiger partial charge in [-0.15, -0.1) is 0 Å². The van der Waals surface area contributed by atoms with Crippen molar-refractivity contribution in [3.8, 4) is 11.5 Å². The molecule has 5 heteroatoms. The molecule has 3 heterocycles. The van der Waals surface area contributed by atoms with Gasteiger partial charge in [0.05, 0.1) is 0 Å². The van der Waals surface area contributed by atoms with Crippen LogP contribution in [0.2, 0.25) is 0 Å². The first-order valence-electron chi connectivity index (χ1n) is 8.88. The van der Waals surface area contributed by atoms with Crippen molar-refractivity contribution in [2.45, 2.75) is 32.2 Å². The quantitative estimate of drug-likeness (QED) is 0.611. The van der Waals surface area contributed by atoms with E-state index in [4.69, 9.17) is 4.98 Å². The van der Waals surface area contributed by atoms with Gasteiger partial charge < -0.3 is 4.90 Å². The molecule has 4 nitrogen and oxygen atoms in total. The van der Waals surface area contributed by atoms with Crippen LogP contribution in [0.15, 0.2) is 59.3 Å². The van der Waals surface area contributed by atoms with Gasteiger partial charge >= 0.3 is 0 Å². The highest BCUT2D eigenvalue weighted by Gasteiger charge is 2.31. The lowest BCUT2D eigenvalue weighted by atomic mass is 9.96. The minimum atomic E-state index is 0.446. The predicted octanol–water partition coefficient (Wildman–Crippen LogP) is 4.99. The summed E-state index contributed by atoms with van der Waals surface area (Å²) in [5, 5.41) is 0. The normalized spacial score (nSPS) is 19.7. The number of hydrogen-bond donors (Lipinski definition) is 0. The molecule has 0 amide bonds. The van der Waals surface area contributed by atoms with Crippen LogP contribution in [0.5, 0.6) is 0 Å². The Labute approximate surface area is 162 Å². The van der Waals surface area contributed by atoms with E-state index >= 15 is 0 Å². The Bertz CT molecular complexity index is 893. The molecule has 26 heavy (non-hydrogen) atoms. The number of pyridine rings is 1. The van der Waals surface area contributed by atoms with Crippen molar-refractivity contribution < 1.29 is 0 Å². The van der Waals surface area contributed by atoms with Gasteiger partial charge in [0.15, 0.2) is 5.82 Å². The van der Waals surface area contributed by atoms with E-state index in [1.54, 1.807) is 6.20 Å². The number of aromatic nitrogens is 3. The number of nitrogens with zero attached hydrogens (tertiary/aromatic N) is 4. The van der Waals surface area contributed by atoms with E-state index in [0.717, 1.165) is 29.0 Å². The van der Waals surface area contributed by atoms with Crippen molar-refractivity contribution in [1.82, 2.24) is 15.0 Å². The summed E-state index contributed by atoms with van der Waals surface area (Å²) in [7, 11) is 0. The molecular weight excluding hydrogens is 388 g/mol. The number of rotatable bonds is 3. The van der Waals surface area contributed by atoms with Crippen molar-refractivity contribution in [2.24, 2.45) is 0 Å². The number of benzene rings is 1. The zero-order valence-corrected chi connectivity index (χ0v) is 16.5. The monoisotopic (exact) mass is 408 g/mol. The van der Waals surface area contributed by atoms with E-state index in [1.165, 1.54) is 11.1 Å². The van der Waals surface area contributed by atoms with Crippen molar-refractivity contribution in [3.05, 3.63) is 70.5 Å². The lowest BCUT2D eigenvalue weighted by Crippen LogP contribution is -2.27. The smallest absolute Gasteiger partial charge is 0.180 e. The molecule has 0 spiro atoms. The first-order chi connectivity index (χ1) is 12.6. The number of halogens is 1. The molecule has 1 aliphatic heterocycles. The molecule has 0 radical (unpaired) electrons. The van der Waals surface area contributed by atoms with E-state index < -0.39 is 0 Å². The molecule has 4 rings (SSSR count). The van der Waals surface area contributed by atoms with E-state index in [2.05, 4.69) is 68.9 Å². The third-order valence-corrected chi connectivity index (χ3v) is 5.48. The van der Waals surface area contributed by atoms with Gasteiger partial charge in [-0.1, -0.05) is 29.8 Å². The Balaban J connectivity index is 1.58. The molecule has 1 aliphatic rings. The largest absolute Gasteiger partial charge is 0.353 e. The molecular formula is C21H21BrN4. The summed E-state index contributed by atoms with van der Waals surface area (Å²) in [5.41, 5.74) is 3.50. The molecule has 0 N–H and O–H groups in total. The summed E-state index contributed by atoms with van der Waals surface area (Å²) < 4.78 is 0.950. The van der Waals surface area contributed by atoms with Gasteiger partial charge in [-0.3, -0.25) is 4.98 Å². The van der Waals surface area contributed by atoms with Gasteiger partial charge in [0.2, 0.25) is 0 Å². The summed E-state index contributed by atoms with van der Waals surface area (Å²) >= 11 is 3.42. The summed E-state index contributed by atoms with van der Waals surface area (Å²) in [6.07, 6.45) is 4.74. The summed E-state index contributed by atoms with van der Waals surface area (Å²) in [6, 6.07) is 15.3. The third kappa shape index (κ3) is 3.49. The van der Waals surface area contributed by atoms with Gasteiger partial charge in [0.25, 0.3) is 0 Å². The minimum Gasteiger partial charge on any atom is -0.353 e. The van der Waals surface area contributed by atoms with Gasteiger partial charge in [-0.05, 0) is 60.0 Å². The molecule has 2 aromatic heterocycles. The standard InChI is InChI=1S/C21H21BrN4/c1-14-3-5-16(6-4-14)17-11-15(2)26(13-17)20-9-10-23-21(25-20)19-8-7-18(22)12-24-19/h3-10,12,15,17H,11,13H2,1-2H3. The van der Waals surface area contributed by atoms with Crippen LogP contribution in [0.1, 0.15) is 30.4 Å². The fourth-order valence-electron chi connectivity index (χ4n) is 3.57. The second kappa shape index (κ2) is 7.16. The molecule has 1 saturated heterocycles. The van der Waals surface area contributed by atoms with Gasteiger partial charge in [-0.2, -0.15) is 0 Å². The average Bonchev–Trinajstić information content (AvgIpc) is 3.05. The first-order valence-corrected chi connectivity index (χ1v) is 9.67. The lowest BCUT2D eigenvalue weighted by molar-refractivity contribution is 0.696. The van der Waals surface area contributed by atoms with E-state index in [9.17, 15) is 0 Å². The highest BCUT2D eigenvalue weighted by molar-refractivity contribution is 9.10. The van der Waals surface area contributed by atoms with Gasteiger partial charge in [0, 0.05) is 35.4 Å². The third-order valence-electron chi connectivity index (χ3n) is 5.02. The average molecular weight is 409 g/mol. The van der Waals surface area contributed by atoms with Gasteiger partial charge in [0.1, 0.15) is 11.5 Å². The van der Waals surface area contributed by atoms with Crippen molar-refractivity contribution >= 4 is 21.7 Å². The number of hydrogen-bond acceptors (Lipinski definition) is 4. The highest BCUT2D eigenvalue weighted by Crippen LogP contribution is 2.34. The van der Waals surface area contributed by atoms with Crippen molar-refractivity contribution in [1.29, 1.82) is 0 Å². The Hall–Kier alpha value is -2.27. The van der Waals surface area contributed by atoms with Crippen LogP contribution in [-0.4, -0.2) is 27.5 Å². The Morgan fingerprint density at radius 3 is 2.58 bits per heavy atom. The topological polar surface area (TPSA) is 41.9 Å². The molecule has 1 fully saturated rings. The molecule has 1 aromatic carbocycles. The van der Waals surface area contributed by atoms with E-state index in [-0.39, 0.29) is 0 Å². The molecule has 0 saturated carbocycles. The van der Waals surface area contributed by atoms with Crippen molar-refractivity contribution in [3.63, 3.8) is 0 Å². The zero-order valence-electron chi connectivity index (χ0n) is 14.9. The van der Waals surface area contributed by atoms with E-state index in [0.29, 0.717) is 17.8 Å². The maximum absolute atomic E-state index is 4.78. The molecule has 0 aliphatic carbocycles. The second-order valence-corrected chi connectivity index (χ2v) is 7.86. The molecule has 2 unspecified atom stereocenters. The maximum atomic E-state index is 4.78. The summed E-state index contributed by atoms with van der Waals surface area (Å²) in [4.78, 5) is 16.0. The SMILES string of the molecule is Cc1ccc(C2CC(C)N(c3ccnc(-c4ccc(Br)cn4)n3)C2)cc1. The zero-order chi connectivity index (χ0) is 18.1.